The van der Waals surface area contributed by atoms with Gasteiger partial charge >= 0.3 is 0 Å². The summed E-state index contributed by atoms with van der Waals surface area (Å²) >= 11 is 0. The molecule has 1 rings (SSSR count). The molecule has 0 saturated carbocycles. The molecule has 6 nitrogen and oxygen atoms in total. The molecule has 0 spiro atoms. The van der Waals surface area contributed by atoms with Gasteiger partial charge in [-0.15, -0.1) is 0 Å². The van der Waals surface area contributed by atoms with Crippen molar-refractivity contribution in [3.63, 3.8) is 0 Å². The van der Waals surface area contributed by atoms with Crippen LogP contribution >= 0.6 is 0 Å². The number of rotatable bonds is 7. The molecule has 0 aromatic carbocycles. The fourth-order valence-electron chi connectivity index (χ4n) is 1.81. The Morgan fingerprint density at radius 3 is 2.90 bits per heavy atom. The van der Waals surface area contributed by atoms with E-state index in [1.165, 1.54) is 0 Å². The highest BCUT2D eigenvalue weighted by Gasteiger charge is 2.18. The first-order valence-corrected chi connectivity index (χ1v) is 6.43. The van der Waals surface area contributed by atoms with Gasteiger partial charge in [-0.25, -0.2) is 0 Å². The molecule has 6 heteroatoms. The van der Waals surface area contributed by atoms with Crippen LogP contribution in [0.15, 0.2) is 12.3 Å². The number of hydrogen-bond donors (Lipinski definition) is 1. The number of carbonyl (C=O) groups is 1. The Balaban J connectivity index is 2.95. The molecule has 0 aliphatic rings. The topological polar surface area (TPSA) is 78.3 Å². The van der Waals surface area contributed by atoms with Crippen LogP contribution in [0.25, 0.3) is 0 Å². The summed E-state index contributed by atoms with van der Waals surface area (Å²) in [6.45, 7) is 3.14. The molecule has 20 heavy (non-hydrogen) atoms. The highest BCUT2D eigenvalue weighted by molar-refractivity contribution is 5.99. The number of nitriles is 1. The molecule has 1 amide bonds. The number of pyridine rings is 1. The van der Waals surface area contributed by atoms with E-state index in [1.54, 1.807) is 25.3 Å². The van der Waals surface area contributed by atoms with Crippen molar-refractivity contribution in [2.45, 2.75) is 13.3 Å². The van der Waals surface area contributed by atoms with Crippen LogP contribution in [0.2, 0.25) is 0 Å². The normalized spacial score (nSPS) is 9.90. The smallest absolute Gasteiger partial charge is 0.257 e. The zero-order valence-electron chi connectivity index (χ0n) is 12.1. The Labute approximate surface area is 119 Å². The predicted octanol–water partition coefficient (Wildman–Crippen LogP) is 1.43. The van der Waals surface area contributed by atoms with E-state index in [2.05, 4.69) is 16.4 Å². The Bertz CT molecular complexity index is 496. The number of nitrogens with zero attached hydrogens (tertiary/aromatic N) is 3. The summed E-state index contributed by atoms with van der Waals surface area (Å²) in [5.41, 5.74) is 2.08. The second kappa shape index (κ2) is 8.12. The van der Waals surface area contributed by atoms with Crippen LogP contribution in [-0.2, 0) is 4.74 Å². The number of ether oxygens (including phenoxy) is 1. The molecule has 0 unspecified atom stereocenters. The third kappa shape index (κ3) is 4.21. The van der Waals surface area contributed by atoms with Crippen LogP contribution < -0.4 is 5.32 Å². The molecule has 0 aliphatic heterocycles. The van der Waals surface area contributed by atoms with E-state index in [0.29, 0.717) is 31.7 Å². The average molecular weight is 276 g/mol. The van der Waals surface area contributed by atoms with Crippen LogP contribution in [-0.4, -0.2) is 49.6 Å². The second-order valence-corrected chi connectivity index (χ2v) is 4.31. The Morgan fingerprint density at radius 2 is 2.30 bits per heavy atom. The number of aryl methyl sites for hydroxylation is 1. The van der Waals surface area contributed by atoms with Crippen molar-refractivity contribution in [1.82, 2.24) is 9.88 Å². The molecule has 0 aliphatic carbocycles. The van der Waals surface area contributed by atoms with Crippen molar-refractivity contribution in [2.24, 2.45) is 0 Å². The molecule has 108 valence electrons. The lowest BCUT2D eigenvalue weighted by molar-refractivity contribution is 0.0700. The third-order valence-electron chi connectivity index (χ3n) is 2.89. The number of nitrogens with one attached hydrogen (secondary N) is 1. The standard InChI is InChI=1S/C14H20N4O2/c1-11-9-13(16-2)12(10-17-11)14(19)18(6-4-5-15)7-8-20-3/h9-10H,4,6-8H2,1-3H3,(H,16,17). The minimum absolute atomic E-state index is 0.144. The number of aromatic nitrogens is 1. The molecule has 0 saturated heterocycles. The number of amides is 1. The van der Waals surface area contributed by atoms with Gasteiger partial charge in [0.1, 0.15) is 0 Å². The summed E-state index contributed by atoms with van der Waals surface area (Å²) < 4.78 is 5.01. The van der Waals surface area contributed by atoms with Crippen molar-refractivity contribution in [3.8, 4) is 6.07 Å². The highest BCUT2D eigenvalue weighted by atomic mass is 16.5. The maximum atomic E-state index is 12.5. The summed E-state index contributed by atoms with van der Waals surface area (Å²) in [6.07, 6.45) is 1.86. The number of carbonyl (C=O) groups excluding carboxylic acids is 1. The van der Waals surface area contributed by atoms with Gasteiger partial charge in [0.25, 0.3) is 5.91 Å². The number of anilines is 1. The lowest BCUT2D eigenvalue weighted by Crippen LogP contribution is -2.35. The fraction of sp³-hybridized carbons (Fsp3) is 0.500. The van der Waals surface area contributed by atoms with E-state index in [-0.39, 0.29) is 5.91 Å². The first-order valence-electron chi connectivity index (χ1n) is 6.43. The minimum Gasteiger partial charge on any atom is -0.387 e. The van der Waals surface area contributed by atoms with Gasteiger partial charge in [-0.1, -0.05) is 0 Å². The monoisotopic (exact) mass is 276 g/mol. The van der Waals surface area contributed by atoms with Crippen molar-refractivity contribution in [2.75, 3.05) is 39.2 Å². The van der Waals surface area contributed by atoms with Crippen molar-refractivity contribution >= 4 is 11.6 Å². The molecule has 0 atom stereocenters. The molecule has 1 aromatic heterocycles. The third-order valence-corrected chi connectivity index (χ3v) is 2.89. The van der Waals surface area contributed by atoms with Gasteiger partial charge in [0.2, 0.25) is 0 Å². The highest BCUT2D eigenvalue weighted by Crippen LogP contribution is 2.17. The first-order chi connectivity index (χ1) is 9.63. The summed E-state index contributed by atoms with van der Waals surface area (Å²) in [5.74, 6) is -0.144. The van der Waals surface area contributed by atoms with E-state index < -0.39 is 0 Å². The van der Waals surface area contributed by atoms with Crippen LogP contribution in [0.5, 0.6) is 0 Å². The van der Waals surface area contributed by atoms with Crippen molar-refractivity contribution in [3.05, 3.63) is 23.5 Å². The fourth-order valence-corrected chi connectivity index (χ4v) is 1.81. The van der Waals surface area contributed by atoms with Gasteiger partial charge in [-0.2, -0.15) is 5.26 Å². The van der Waals surface area contributed by atoms with E-state index in [1.807, 2.05) is 13.0 Å². The zero-order chi connectivity index (χ0) is 15.0. The molecule has 1 N–H and O–H groups in total. The second-order valence-electron chi connectivity index (χ2n) is 4.31. The van der Waals surface area contributed by atoms with E-state index in [0.717, 1.165) is 11.4 Å². The van der Waals surface area contributed by atoms with Crippen molar-refractivity contribution < 1.29 is 9.53 Å². The van der Waals surface area contributed by atoms with Gasteiger partial charge in [-0.3, -0.25) is 9.78 Å². The lowest BCUT2D eigenvalue weighted by Gasteiger charge is -2.22. The predicted molar refractivity (Wildman–Crippen MR) is 76.5 cm³/mol. The van der Waals surface area contributed by atoms with Crippen LogP contribution in [0, 0.1) is 18.3 Å². The van der Waals surface area contributed by atoms with E-state index >= 15 is 0 Å². The van der Waals surface area contributed by atoms with Gasteiger partial charge < -0.3 is 15.0 Å². The van der Waals surface area contributed by atoms with Crippen LogP contribution in [0.3, 0.4) is 0 Å². The molecule has 0 bridgehead atoms. The molecular formula is C14H20N4O2. The van der Waals surface area contributed by atoms with Crippen LogP contribution in [0.4, 0.5) is 5.69 Å². The maximum Gasteiger partial charge on any atom is 0.257 e. The minimum atomic E-state index is -0.144. The van der Waals surface area contributed by atoms with Crippen LogP contribution in [0.1, 0.15) is 22.5 Å². The summed E-state index contributed by atoms with van der Waals surface area (Å²) in [4.78, 5) is 18.3. The lowest BCUT2D eigenvalue weighted by atomic mass is 10.1. The number of methoxy groups -OCH3 is 1. The van der Waals surface area contributed by atoms with Gasteiger partial charge in [0.15, 0.2) is 0 Å². The maximum absolute atomic E-state index is 12.5. The molecule has 0 radical (unpaired) electrons. The van der Waals surface area contributed by atoms with Gasteiger partial charge in [-0.05, 0) is 13.0 Å². The SMILES string of the molecule is CNc1cc(C)ncc1C(=O)N(CCC#N)CCOC. The summed E-state index contributed by atoms with van der Waals surface area (Å²) in [5, 5.41) is 11.7. The Morgan fingerprint density at radius 1 is 1.55 bits per heavy atom. The van der Waals surface area contributed by atoms with E-state index in [9.17, 15) is 4.79 Å². The average Bonchev–Trinajstić information content (AvgIpc) is 2.46. The Hall–Kier alpha value is -2.13. The quantitative estimate of drug-likeness (QED) is 0.815. The van der Waals surface area contributed by atoms with Crippen molar-refractivity contribution in [1.29, 1.82) is 5.26 Å². The van der Waals surface area contributed by atoms with Gasteiger partial charge in [0.05, 0.1) is 30.3 Å². The molecule has 1 aromatic rings. The van der Waals surface area contributed by atoms with Gasteiger partial charge in [0, 0.05) is 39.1 Å². The molecule has 0 fully saturated rings. The number of hydrogen-bond acceptors (Lipinski definition) is 5. The zero-order valence-corrected chi connectivity index (χ0v) is 12.1. The summed E-state index contributed by atoms with van der Waals surface area (Å²) in [7, 11) is 3.35. The Kier molecular flexibility index (Phi) is 6.47. The largest absolute Gasteiger partial charge is 0.387 e. The van der Waals surface area contributed by atoms with E-state index in [4.69, 9.17) is 10.00 Å². The summed E-state index contributed by atoms with van der Waals surface area (Å²) in [6, 6.07) is 3.88. The molecule has 1 heterocycles. The molecular weight excluding hydrogens is 256 g/mol. The first kappa shape index (κ1) is 15.9.